The molecular weight excluding hydrogens is 260 g/mol. The molecule has 1 aliphatic heterocycles. The summed E-state index contributed by atoms with van der Waals surface area (Å²) < 4.78 is 0. The zero-order chi connectivity index (χ0) is 15.1. The molecule has 6 heteroatoms. The minimum absolute atomic E-state index is 0.00103. The number of amides is 2. The van der Waals surface area contributed by atoms with Gasteiger partial charge in [-0.2, -0.15) is 0 Å². The quantitative estimate of drug-likeness (QED) is 0.690. The molecule has 0 spiro atoms. The number of carbonyl (C=O) groups excluding carboxylic acids is 2. The van der Waals surface area contributed by atoms with E-state index in [2.05, 4.69) is 5.32 Å². The molecule has 1 saturated heterocycles. The van der Waals surface area contributed by atoms with Crippen LogP contribution < -0.4 is 5.32 Å². The Balaban J connectivity index is 2.13. The largest absolute Gasteiger partial charge is 0.480 e. The third-order valence-corrected chi connectivity index (χ3v) is 4.09. The normalized spacial score (nSPS) is 29.1. The van der Waals surface area contributed by atoms with E-state index in [0.29, 0.717) is 6.54 Å². The highest BCUT2D eigenvalue weighted by Crippen LogP contribution is 2.42. The van der Waals surface area contributed by atoms with E-state index in [4.69, 9.17) is 0 Å². The molecule has 112 valence electrons. The Kier molecular flexibility index (Phi) is 3.75. The number of rotatable bonds is 1. The highest BCUT2D eigenvalue weighted by molar-refractivity contribution is 6.35. The van der Waals surface area contributed by atoms with Gasteiger partial charge in [0.25, 0.3) is 0 Å². The van der Waals surface area contributed by atoms with Gasteiger partial charge in [0, 0.05) is 12.1 Å². The highest BCUT2D eigenvalue weighted by Gasteiger charge is 2.50. The Morgan fingerprint density at radius 2 is 1.85 bits per heavy atom. The van der Waals surface area contributed by atoms with Crippen molar-refractivity contribution >= 4 is 17.8 Å². The molecule has 0 aromatic carbocycles. The molecule has 1 heterocycles. The Morgan fingerprint density at radius 3 is 2.40 bits per heavy atom. The SMILES string of the molecule is CC(C)(C)NC(=O)C(=O)N1CC2CCCC2C1C(=O)O. The molecule has 20 heavy (non-hydrogen) atoms. The molecule has 2 aliphatic rings. The predicted octanol–water partition coefficient (Wildman–Crippen LogP) is 0.613. The summed E-state index contributed by atoms with van der Waals surface area (Å²) in [7, 11) is 0. The summed E-state index contributed by atoms with van der Waals surface area (Å²) in [5.41, 5.74) is -0.513. The average Bonchev–Trinajstić information content (AvgIpc) is 2.83. The Labute approximate surface area is 118 Å². The second-order valence-electron chi connectivity index (χ2n) is 6.80. The minimum atomic E-state index is -1.00. The fourth-order valence-corrected chi connectivity index (χ4v) is 3.36. The van der Waals surface area contributed by atoms with Crippen LogP contribution in [0.2, 0.25) is 0 Å². The number of nitrogens with zero attached hydrogens (tertiary/aromatic N) is 1. The number of carboxylic acids is 1. The van der Waals surface area contributed by atoms with Crippen LogP contribution in [-0.4, -0.2) is 45.9 Å². The van der Waals surface area contributed by atoms with Crippen molar-refractivity contribution < 1.29 is 19.5 Å². The van der Waals surface area contributed by atoms with Crippen LogP contribution in [0.3, 0.4) is 0 Å². The van der Waals surface area contributed by atoms with Gasteiger partial charge in [-0.3, -0.25) is 9.59 Å². The molecule has 2 fully saturated rings. The summed E-state index contributed by atoms with van der Waals surface area (Å²) in [5, 5.41) is 12.0. The lowest BCUT2D eigenvalue weighted by Crippen LogP contribution is -2.52. The first-order chi connectivity index (χ1) is 9.20. The number of fused-ring (bicyclic) bond motifs is 1. The number of nitrogens with one attached hydrogen (secondary N) is 1. The number of hydrogen-bond donors (Lipinski definition) is 2. The maximum Gasteiger partial charge on any atom is 0.326 e. The predicted molar refractivity (Wildman–Crippen MR) is 71.9 cm³/mol. The molecule has 1 saturated carbocycles. The van der Waals surface area contributed by atoms with Crippen LogP contribution in [0.5, 0.6) is 0 Å². The standard InChI is InChI=1S/C14H22N2O4/c1-14(2,3)15-11(17)12(18)16-7-8-5-4-6-9(8)10(16)13(19)20/h8-10H,4-7H2,1-3H3,(H,15,17)(H,19,20). The third-order valence-electron chi connectivity index (χ3n) is 4.09. The van der Waals surface area contributed by atoms with Crippen molar-refractivity contribution in [2.75, 3.05) is 6.54 Å². The molecule has 0 bridgehead atoms. The smallest absolute Gasteiger partial charge is 0.326 e. The van der Waals surface area contributed by atoms with Crippen LogP contribution in [0.4, 0.5) is 0 Å². The van der Waals surface area contributed by atoms with Gasteiger partial charge in [-0.25, -0.2) is 4.79 Å². The van der Waals surface area contributed by atoms with Gasteiger partial charge in [-0.05, 0) is 45.4 Å². The van der Waals surface area contributed by atoms with E-state index >= 15 is 0 Å². The first-order valence-corrected chi connectivity index (χ1v) is 7.06. The van der Waals surface area contributed by atoms with Gasteiger partial charge in [0.05, 0.1) is 0 Å². The summed E-state index contributed by atoms with van der Waals surface area (Å²) in [5.74, 6) is -2.22. The fraction of sp³-hybridized carbons (Fsp3) is 0.786. The number of likely N-dealkylation sites (tertiary alicyclic amines) is 1. The van der Waals surface area contributed by atoms with Crippen molar-refractivity contribution in [2.24, 2.45) is 11.8 Å². The molecule has 6 nitrogen and oxygen atoms in total. The van der Waals surface area contributed by atoms with E-state index in [9.17, 15) is 19.5 Å². The number of carboxylic acid groups (broad SMARTS) is 1. The lowest BCUT2D eigenvalue weighted by molar-refractivity contribution is -0.154. The summed E-state index contributed by atoms with van der Waals surface area (Å²) in [6, 6.07) is -0.847. The molecular formula is C14H22N2O4. The monoisotopic (exact) mass is 282 g/mol. The topological polar surface area (TPSA) is 86.7 Å². The van der Waals surface area contributed by atoms with Gasteiger partial charge in [-0.15, -0.1) is 0 Å². The number of carbonyl (C=O) groups is 3. The second kappa shape index (κ2) is 5.07. The summed E-state index contributed by atoms with van der Waals surface area (Å²) >= 11 is 0. The van der Waals surface area contributed by atoms with Crippen LogP contribution in [-0.2, 0) is 14.4 Å². The highest BCUT2D eigenvalue weighted by atomic mass is 16.4. The molecule has 3 atom stereocenters. The maximum atomic E-state index is 12.2. The van der Waals surface area contributed by atoms with Crippen molar-refractivity contribution in [1.29, 1.82) is 0 Å². The fourth-order valence-electron chi connectivity index (χ4n) is 3.36. The van der Waals surface area contributed by atoms with Crippen LogP contribution in [0, 0.1) is 11.8 Å². The molecule has 2 N–H and O–H groups in total. The molecule has 1 aliphatic carbocycles. The van der Waals surface area contributed by atoms with Gasteiger partial charge in [0.2, 0.25) is 0 Å². The Morgan fingerprint density at radius 1 is 1.20 bits per heavy atom. The summed E-state index contributed by atoms with van der Waals surface area (Å²) in [4.78, 5) is 36.8. The van der Waals surface area contributed by atoms with E-state index < -0.39 is 29.4 Å². The zero-order valence-electron chi connectivity index (χ0n) is 12.2. The summed E-state index contributed by atoms with van der Waals surface area (Å²) in [6.07, 6.45) is 2.78. The van der Waals surface area contributed by atoms with E-state index in [1.54, 1.807) is 20.8 Å². The van der Waals surface area contributed by atoms with Crippen LogP contribution >= 0.6 is 0 Å². The van der Waals surface area contributed by atoms with Gasteiger partial charge < -0.3 is 15.3 Å². The molecule has 0 aromatic heterocycles. The minimum Gasteiger partial charge on any atom is -0.480 e. The van der Waals surface area contributed by atoms with Crippen molar-refractivity contribution in [1.82, 2.24) is 10.2 Å². The summed E-state index contributed by atoms with van der Waals surface area (Å²) in [6.45, 7) is 5.74. The Bertz CT molecular complexity index is 441. The molecule has 0 radical (unpaired) electrons. The number of aliphatic carboxylic acids is 1. The first-order valence-electron chi connectivity index (χ1n) is 7.06. The molecule has 3 unspecified atom stereocenters. The lowest BCUT2D eigenvalue weighted by Gasteiger charge is -2.26. The van der Waals surface area contributed by atoms with Gasteiger partial charge >= 0.3 is 17.8 Å². The Hall–Kier alpha value is -1.59. The van der Waals surface area contributed by atoms with Crippen molar-refractivity contribution in [3.8, 4) is 0 Å². The van der Waals surface area contributed by atoms with Gasteiger partial charge in [-0.1, -0.05) is 6.42 Å². The van der Waals surface area contributed by atoms with Crippen LogP contribution in [0.25, 0.3) is 0 Å². The van der Waals surface area contributed by atoms with Crippen molar-refractivity contribution in [3.05, 3.63) is 0 Å². The zero-order valence-corrected chi connectivity index (χ0v) is 12.2. The van der Waals surface area contributed by atoms with E-state index in [1.165, 1.54) is 4.90 Å². The van der Waals surface area contributed by atoms with Gasteiger partial charge in [0.1, 0.15) is 6.04 Å². The molecule has 0 aromatic rings. The van der Waals surface area contributed by atoms with E-state index in [1.807, 2.05) is 0 Å². The third kappa shape index (κ3) is 2.78. The van der Waals surface area contributed by atoms with Crippen LogP contribution in [0.1, 0.15) is 40.0 Å². The first kappa shape index (κ1) is 14.8. The van der Waals surface area contributed by atoms with Crippen molar-refractivity contribution in [2.45, 2.75) is 51.6 Å². The van der Waals surface area contributed by atoms with Crippen molar-refractivity contribution in [3.63, 3.8) is 0 Å². The molecule has 2 amide bonds. The number of hydrogen-bond acceptors (Lipinski definition) is 3. The van der Waals surface area contributed by atoms with E-state index in [-0.39, 0.29) is 11.8 Å². The average molecular weight is 282 g/mol. The molecule has 2 rings (SSSR count). The van der Waals surface area contributed by atoms with E-state index in [0.717, 1.165) is 19.3 Å². The maximum absolute atomic E-state index is 12.2. The van der Waals surface area contributed by atoms with Crippen LogP contribution in [0.15, 0.2) is 0 Å². The van der Waals surface area contributed by atoms with Gasteiger partial charge in [0.15, 0.2) is 0 Å². The lowest BCUT2D eigenvalue weighted by atomic mass is 9.94. The second-order valence-corrected chi connectivity index (χ2v) is 6.80.